The van der Waals surface area contributed by atoms with Gasteiger partial charge in [0.05, 0.1) is 10.2 Å². The standard InChI is InChI=1S/C13H22BrN3O/c1-5-10(18-6-2)13-16-9(7-8(3)4)11(14)12(15)17-13/h8,10H,5-7H2,1-4H3,(H2,15,16,17). The average molecular weight is 316 g/mol. The predicted octanol–water partition coefficient (Wildman–Crippen LogP) is 3.51. The van der Waals surface area contributed by atoms with E-state index in [0.717, 1.165) is 23.0 Å². The number of halogens is 1. The molecule has 0 aliphatic rings. The van der Waals surface area contributed by atoms with E-state index in [1.807, 2.05) is 6.92 Å². The van der Waals surface area contributed by atoms with Crippen LogP contribution in [0.4, 0.5) is 5.82 Å². The Bertz CT molecular complexity index is 396. The molecule has 1 aromatic rings. The molecule has 102 valence electrons. The van der Waals surface area contributed by atoms with Crippen LogP contribution in [0.25, 0.3) is 0 Å². The lowest BCUT2D eigenvalue weighted by atomic mass is 10.1. The molecule has 0 spiro atoms. The van der Waals surface area contributed by atoms with Crippen molar-refractivity contribution in [3.63, 3.8) is 0 Å². The monoisotopic (exact) mass is 315 g/mol. The van der Waals surface area contributed by atoms with Crippen molar-refractivity contribution in [1.29, 1.82) is 0 Å². The molecule has 1 atom stereocenters. The van der Waals surface area contributed by atoms with E-state index in [9.17, 15) is 0 Å². The normalized spacial score (nSPS) is 13.0. The lowest BCUT2D eigenvalue weighted by Crippen LogP contribution is -2.13. The van der Waals surface area contributed by atoms with Crippen LogP contribution in [0.1, 0.15) is 51.7 Å². The number of nitrogens with zero attached hydrogens (tertiary/aromatic N) is 2. The molecule has 0 amide bonds. The van der Waals surface area contributed by atoms with Crippen LogP contribution in [0.5, 0.6) is 0 Å². The number of rotatable bonds is 6. The number of hydrogen-bond donors (Lipinski definition) is 1. The minimum atomic E-state index is -0.0729. The molecule has 0 saturated carbocycles. The van der Waals surface area contributed by atoms with Gasteiger partial charge < -0.3 is 10.5 Å². The van der Waals surface area contributed by atoms with E-state index in [2.05, 4.69) is 46.7 Å². The first-order chi connectivity index (χ1) is 8.49. The number of nitrogens with two attached hydrogens (primary N) is 1. The summed E-state index contributed by atoms with van der Waals surface area (Å²) >= 11 is 3.46. The molecule has 1 rings (SSSR count). The average Bonchev–Trinajstić information content (AvgIpc) is 2.31. The van der Waals surface area contributed by atoms with E-state index in [0.29, 0.717) is 24.2 Å². The molecule has 0 aliphatic heterocycles. The van der Waals surface area contributed by atoms with Crippen molar-refractivity contribution in [3.8, 4) is 0 Å². The summed E-state index contributed by atoms with van der Waals surface area (Å²) in [7, 11) is 0. The van der Waals surface area contributed by atoms with Crippen LogP contribution in [0, 0.1) is 5.92 Å². The van der Waals surface area contributed by atoms with Crippen LogP contribution < -0.4 is 5.73 Å². The molecule has 0 fully saturated rings. The second-order valence-corrected chi connectivity index (χ2v) is 5.47. The van der Waals surface area contributed by atoms with E-state index in [4.69, 9.17) is 10.5 Å². The summed E-state index contributed by atoms with van der Waals surface area (Å²) in [5, 5.41) is 0. The maximum atomic E-state index is 5.93. The maximum Gasteiger partial charge on any atom is 0.159 e. The molecule has 0 bridgehead atoms. The van der Waals surface area contributed by atoms with Crippen molar-refractivity contribution in [2.75, 3.05) is 12.3 Å². The Morgan fingerprint density at radius 3 is 2.44 bits per heavy atom. The summed E-state index contributed by atoms with van der Waals surface area (Å²) in [5.74, 6) is 1.71. The lowest BCUT2D eigenvalue weighted by molar-refractivity contribution is 0.0534. The number of ether oxygens (including phenoxy) is 1. The zero-order chi connectivity index (χ0) is 13.7. The molecule has 1 unspecified atom stereocenters. The van der Waals surface area contributed by atoms with Crippen LogP contribution in [0.2, 0.25) is 0 Å². The second kappa shape index (κ2) is 7.04. The zero-order valence-corrected chi connectivity index (χ0v) is 13.1. The van der Waals surface area contributed by atoms with E-state index < -0.39 is 0 Å². The van der Waals surface area contributed by atoms with Gasteiger partial charge in [-0.1, -0.05) is 20.8 Å². The minimum Gasteiger partial charge on any atom is -0.383 e. The third-order valence-corrected chi connectivity index (χ3v) is 3.45. The molecule has 1 aromatic heterocycles. The van der Waals surface area contributed by atoms with Gasteiger partial charge in [0, 0.05) is 6.61 Å². The quantitative estimate of drug-likeness (QED) is 0.872. The van der Waals surface area contributed by atoms with E-state index >= 15 is 0 Å². The predicted molar refractivity (Wildman–Crippen MR) is 77.3 cm³/mol. The summed E-state index contributed by atoms with van der Waals surface area (Å²) in [6.07, 6.45) is 1.65. The van der Waals surface area contributed by atoms with E-state index in [-0.39, 0.29) is 6.10 Å². The molecule has 0 aliphatic carbocycles. The topological polar surface area (TPSA) is 61.0 Å². The van der Waals surface area contributed by atoms with Crippen molar-refractivity contribution in [3.05, 3.63) is 16.0 Å². The Labute approximate surface area is 117 Å². The minimum absolute atomic E-state index is 0.0729. The van der Waals surface area contributed by atoms with Gasteiger partial charge in [0.25, 0.3) is 0 Å². The fourth-order valence-corrected chi connectivity index (χ4v) is 2.11. The first-order valence-electron chi connectivity index (χ1n) is 6.42. The highest BCUT2D eigenvalue weighted by molar-refractivity contribution is 9.10. The van der Waals surface area contributed by atoms with Gasteiger partial charge in [-0.15, -0.1) is 0 Å². The van der Waals surface area contributed by atoms with Gasteiger partial charge in [0.15, 0.2) is 5.82 Å². The number of hydrogen-bond acceptors (Lipinski definition) is 4. The van der Waals surface area contributed by atoms with Crippen LogP contribution in [-0.2, 0) is 11.2 Å². The Kier molecular flexibility index (Phi) is 6.02. The highest BCUT2D eigenvalue weighted by atomic mass is 79.9. The molecule has 18 heavy (non-hydrogen) atoms. The van der Waals surface area contributed by atoms with Gasteiger partial charge in [-0.2, -0.15) is 0 Å². The van der Waals surface area contributed by atoms with Crippen molar-refractivity contribution in [2.45, 2.75) is 46.6 Å². The van der Waals surface area contributed by atoms with Gasteiger partial charge in [-0.3, -0.25) is 0 Å². The van der Waals surface area contributed by atoms with Gasteiger partial charge in [0.2, 0.25) is 0 Å². The van der Waals surface area contributed by atoms with Gasteiger partial charge in [-0.05, 0) is 41.6 Å². The molecule has 2 N–H and O–H groups in total. The molecular weight excluding hydrogens is 294 g/mol. The SMILES string of the molecule is CCOC(CC)c1nc(N)c(Br)c(CC(C)C)n1. The third-order valence-electron chi connectivity index (χ3n) is 2.59. The molecule has 0 aromatic carbocycles. The highest BCUT2D eigenvalue weighted by Crippen LogP contribution is 2.27. The van der Waals surface area contributed by atoms with Crippen LogP contribution in [0.15, 0.2) is 4.47 Å². The summed E-state index contributed by atoms with van der Waals surface area (Å²) < 4.78 is 6.45. The molecule has 4 nitrogen and oxygen atoms in total. The van der Waals surface area contributed by atoms with Crippen LogP contribution in [-0.4, -0.2) is 16.6 Å². The third kappa shape index (κ3) is 3.92. The number of aromatic nitrogens is 2. The summed E-state index contributed by atoms with van der Waals surface area (Å²) in [5.41, 5.74) is 6.90. The first-order valence-corrected chi connectivity index (χ1v) is 7.22. The molecule has 1 heterocycles. The van der Waals surface area contributed by atoms with Crippen molar-refractivity contribution < 1.29 is 4.74 Å². The second-order valence-electron chi connectivity index (χ2n) is 4.68. The first kappa shape index (κ1) is 15.4. The van der Waals surface area contributed by atoms with Crippen molar-refractivity contribution >= 4 is 21.7 Å². The summed E-state index contributed by atoms with van der Waals surface area (Å²) in [6.45, 7) is 9.00. The van der Waals surface area contributed by atoms with Gasteiger partial charge in [0.1, 0.15) is 11.9 Å². The summed E-state index contributed by atoms with van der Waals surface area (Å²) in [4.78, 5) is 8.93. The van der Waals surface area contributed by atoms with E-state index in [1.54, 1.807) is 0 Å². The lowest BCUT2D eigenvalue weighted by Gasteiger charge is -2.16. The molecule has 0 radical (unpaired) electrons. The molecular formula is C13H22BrN3O. The zero-order valence-electron chi connectivity index (χ0n) is 11.5. The Balaban J connectivity index is 3.09. The van der Waals surface area contributed by atoms with Crippen LogP contribution in [0.3, 0.4) is 0 Å². The Hall–Kier alpha value is -0.680. The smallest absolute Gasteiger partial charge is 0.159 e. The van der Waals surface area contributed by atoms with Gasteiger partial charge >= 0.3 is 0 Å². The van der Waals surface area contributed by atoms with E-state index in [1.165, 1.54) is 0 Å². The maximum absolute atomic E-state index is 5.93. The van der Waals surface area contributed by atoms with Crippen molar-refractivity contribution in [1.82, 2.24) is 9.97 Å². The number of anilines is 1. The van der Waals surface area contributed by atoms with Crippen molar-refractivity contribution in [2.24, 2.45) is 5.92 Å². The Morgan fingerprint density at radius 2 is 1.94 bits per heavy atom. The highest BCUT2D eigenvalue weighted by Gasteiger charge is 2.17. The number of nitrogen functional groups attached to an aromatic ring is 1. The molecule has 5 heteroatoms. The van der Waals surface area contributed by atoms with Gasteiger partial charge in [-0.25, -0.2) is 9.97 Å². The Morgan fingerprint density at radius 1 is 1.28 bits per heavy atom. The fraction of sp³-hybridized carbons (Fsp3) is 0.692. The largest absolute Gasteiger partial charge is 0.383 e. The van der Waals surface area contributed by atoms with Crippen LogP contribution >= 0.6 is 15.9 Å². The molecule has 0 saturated heterocycles. The summed E-state index contributed by atoms with van der Waals surface area (Å²) in [6, 6.07) is 0. The fourth-order valence-electron chi connectivity index (χ4n) is 1.77.